The predicted molar refractivity (Wildman–Crippen MR) is 24.4 cm³/mol. The van der Waals surface area contributed by atoms with E-state index in [1.165, 1.54) is 0 Å². The van der Waals surface area contributed by atoms with Crippen LogP contribution >= 0.6 is 0 Å². The summed E-state index contributed by atoms with van der Waals surface area (Å²) in [5.41, 5.74) is 0. The maximum atomic E-state index is 8.63. The molecule has 36 valence electrons. The molecule has 0 spiro atoms. The van der Waals surface area contributed by atoms with Gasteiger partial charge in [0.15, 0.2) is 0 Å². The lowest BCUT2D eigenvalue weighted by atomic mass is 10.3. The third kappa shape index (κ3) is 0.548. The fourth-order valence-electron chi connectivity index (χ4n) is 0.670. The maximum absolute atomic E-state index is 8.63. The first-order valence-corrected chi connectivity index (χ1v) is 2.52. The molecule has 0 aromatic rings. The molecule has 1 heteroatoms. The third-order valence-electron chi connectivity index (χ3n) is 1.41. The summed E-state index contributed by atoms with van der Waals surface area (Å²) in [7, 11) is 0. The van der Waals surface area contributed by atoms with E-state index in [9.17, 15) is 0 Å². The van der Waals surface area contributed by atoms with Crippen molar-refractivity contribution < 1.29 is 5.11 Å². The number of aliphatic hydroxyl groups is 1. The Morgan fingerprint density at radius 3 is 2.33 bits per heavy atom. The van der Waals surface area contributed by atoms with Gasteiger partial charge in [0.1, 0.15) is 0 Å². The molecule has 6 heavy (non-hydrogen) atoms. The summed E-state index contributed by atoms with van der Waals surface area (Å²) in [6, 6.07) is 0. The predicted octanol–water partition coefficient (Wildman–Crippen LogP) is 0.777. The quantitative estimate of drug-likeness (QED) is 0.500. The Morgan fingerprint density at radius 1 is 1.83 bits per heavy atom. The Labute approximate surface area is 38.0 Å². The van der Waals surface area contributed by atoms with Crippen LogP contribution in [0.1, 0.15) is 19.8 Å². The maximum Gasteiger partial charge on any atom is 0.0572 e. The minimum atomic E-state index is 0.0648. The average molecular weight is 86.1 g/mol. The van der Waals surface area contributed by atoms with E-state index in [2.05, 4.69) is 6.92 Å². The molecule has 0 aromatic heterocycles. The largest absolute Gasteiger partial charge is 0.393 e. The molecule has 0 aromatic carbocycles. The minimum Gasteiger partial charge on any atom is -0.393 e. The van der Waals surface area contributed by atoms with E-state index < -0.39 is 0 Å². The van der Waals surface area contributed by atoms with E-state index in [4.69, 9.17) is 5.11 Å². The van der Waals surface area contributed by atoms with E-state index in [0.717, 1.165) is 12.8 Å². The van der Waals surface area contributed by atoms with E-state index in [1.807, 2.05) is 0 Å². The van der Waals surface area contributed by atoms with E-state index in [-0.39, 0.29) is 6.10 Å². The summed E-state index contributed by atoms with van der Waals surface area (Å²) >= 11 is 0. The van der Waals surface area contributed by atoms with E-state index in [1.54, 1.807) is 0 Å². The van der Waals surface area contributed by atoms with E-state index in [0.29, 0.717) is 5.92 Å². The Balaban J connectivity index is 2.09. The molecule has 2 atom stereocenters. The number of aliphatic hydroxyl groups excluding tert-OH is 1. The molecule has 1 N–H and O–H groups in total. The first-order valence-electron chi connectivity index (χ1n) is 2.52. The molecule has 1 fully saturated rings. The van der Waals surface area contributed by atoms with Crippen LogP contribution < -0.4 is 0 Å². The zero-order valence-electron chi connectivity index (χ0n) is 4.02. The van der Waals surface area contributed by atoms with Crippen molar-refractivity contribution in [2.24, 2.45) is 5.92 Å². The first-order chi connectivity index (χ1) is 2.84. The topological polar surface area (TPSA) is 20.2 Å². The van der Waals surface area contributed by atoms with Gasteiger partial charge in [-0.1, -0.05) is 13.3 Å². The molecule has 0 bridgehead atoms. The smallest absolute Gasteiger partial charge is 0.0572 e. The van der Waals surface area contributed by atoms with Crippen LogP contribution in [0.2, 0.25) is 0 Å². The molecule has 1 aliphatic rings. The van der Waals surface area contributed by atoms with Crippen molar-refractivity contribution in [3.63, 3.8) is 0 Å². The van der Waals surface area contributed by atoms with Crippen molar-refractivity contribution in [3.8, 4) is 0 Å². The van der Waals surface area contributed by atoms with Gasteiger partial charge in [-0.05, 0) is 12.3 Å². The second-order valence-corrected chi connectivity index (χ2v) is 1.97. The lowest BCUT2D eigenvalue weighted by Gasteiger charge is -1.78. The van der Waals surface area contributed by atoms with E-state index >= 15 is 0 Å². The lowest BCUT2D eigenvalue weighted by molar-refractivity contribution is 0.258. The third-order valence-corrected chi connectivity index (χ3v) is 1.41. The Morgan fingerprint density at radius 2 is 2.33 bits per heavy atom. The van der Waals surface area contributed by atoms with Crippen LogP contribution in [0.3, 0.4) is 0 Å². The number of rotatable bonds is 1. The second-order valence-electron chi connectivity index (χ2n) is 1.97. The van der Waals surface area contributed by atoms with Gasteiger partial charge in [-0.2, -0.15) is 0 Å². The van der Waals surface area contributed by atoms with Crippen LogP contribution in [0.4, 0.5) is 0 Å². The van der Waals surface area contributed by atoms with Gasteiger partial charge in [0, 0.05) is 0 Å². The normalized spacial score (nSPS) is 43.0. The zero-order valence-corrected chi connectivity index (χ0v) is 4.02. The molecular weight excluding hydrogens is 76.1 g/mol. The summed E-state index contributed by atoms with van der Waals surface area (Å²) < 4.78 is 0. The second kappa shape index (κ2) is 1.23. The highest BCUT2D eigenvalue weighted by Gasteiger charge is 2.32. The molecule has 1 aliphatic carbocycles. The fraction of sp³-hybridized carbons (Fsp3) is 1.00. The SMILES string of the molecule is CC[C@@H]1CC1O. The van der Waals surface area contributed by atoms with Crippen molar-refractivity contribution in [2.45, 2.75) is 25.9 Å². The van der Waals surface area contributed by atoms with Crippen LogP contribution in [-0.2, 0) is 0 Å². The van der Waals surface area contributed by atoms with Crippen LogP contribution in [0.25, 0.3) is 0 Å². The Kier molecular flexibility index (Phi) is 0.845. The van der Waals surface area contributed by atoms with Gasteiger partial charge in [0.05, 0.1) is 6.10 Å². The minimum absolute atomic E-state index is 0.0648. The van der Waals surface area contributed by atoms with Gasteiger partial charge in [-0.25, -0.2) is 0 Å². The molecular formula is C5H10O. The zero-order chi connectivity index (χ0) is 4.57. The molecule has 0 aliphatic heterocycles. The Bertz CT molecular complexity index is 49.9. The molecule has 0 amide bonds. The number of hydrogen-bond acceptors (Lipinski definition) is 1. The van der Waals surface area contributed by atoms with Gasteiger partial charge in [0.25, 0.3) is 0 Å². The average Bonchev–Trinajstić information content (AvgIpc) is 2.19. The highest BCUT2D eigenvalue weighted by molar-refractivity contribution is 4.83. The molecule has 1 saturated carbocycles. The molecule has 0 heterocycles. The summed E-state index contributed by atoms with van der Waals surface area (Å²) in [5, 5.41) is 8.63. The van der Waals surface area contributed by atoms with Gasteiger partial charge in [-0.3, -0.25) is 0 Å². The number of hydrogen-bond donors (Lipinski definition) is 1. The van der Waals surface area contributed by atoms with Crippen LogP contribution in [0.15, 0.2) is 0 Å². The molecule has 1 unspecified atom stereocenters. The summed E-state index contributed by atoms with van der Waals surface area (Å²) in [5.74, 6) is 0.657. The molecule has 1 nitrogen and oxygen atoms in total. The summed E-state index contributed by atoms with van der Waals surface area (Å²) in [6.45, 7) is 2.11. The molecule has 0 radical (unpaired) electrons. The summed E-state index contributed by atoms with van der Waals surface area (Å²) in [6.07, 6.45) is 2.27. The summed E-state index contributed by atoms with van der Waals surface area (Å²) in [4.78, 5) is 0. The van der Waals surface area contributed by atoms with Crippen LogP contribution in [0, 0.1) is 5.92 Å². The van der Waals surface area contributed by atoms with Gasteiger partial charge in [0.2, 0.25) is 0 Å². The highest BCUT2D eigenvalue weighted by Crippen LogP contribution is 2.32. The highest BCUT2D eigenvalue weighted by atomic mass is 16.3. The van der Waals surface area contributed by atoms with Crippen molar-refractivity contribution >= 4 is 0 Å². The molecule has 0 saturated heterocycles. The van der Waals surface area contributed by atoms with Crippen molar-refractivity contribution in [1.82, 2.24) is 0 Å². The fourth-order valence-corrected chi connectivity index (χ4v) is 0.670. The van der Waals surface area contributed by atoms with Crippen LogP contribution in [0.5, 0.6) is 0 Å². The van der Waals surface area contributed by atoms with Crippen molar-refractivity contribution in [2.75, 3.05) is 0 Å². The van der Waals surface area contributed by atoms with Crippen LogP contribution in [-0.4, -0.2) is 11.2 Å². The van der Waals surface area contributed by atoms with Crippen molar-refractivity contribution in [3.05, 3.63) is 0 Å². The van der Waals surface area contributed by atoms with Gasteiger partial charge < -0.3 is 5.11 Å². The Hall–Kier alpha value is -0.0400. The van der Waals surface area contributed by atoms with Gasteiger partial charge >= 0.3 is 0 Å². The van der Waals surface area contributed by atoms with Crippen molar-refractivity contribution in [1.29, 1.82) is 0 Å². The standard InChI is InChI=1S/C5H10O/c1-2-4-3-5(4)6/h4-6H,2-3H2,1H3/t4-,5?/m1/s1. The first kappa shape index (κ1) is 4.13. The monoisotopic (exact) mass is 86.1 g/mol. The lowest BCUT2D eigenvalue weighted by Crippen LogP contribution is -1.79. The van der Waals surface area contributed by atoms with Gasteiger partial charge in [-0.15, -0.1) is 0 Å². The molecule has 1 rings (SSSR count).